The molecule has 2 aromatic rings. The molecular formula is C18H27N5. The number of aromatic nitrogens is 3. The zero-order valence-electron chi connectivity index (χ0n) is 14.2. The summed E-state index contributed by atoms with van der Waals surface area (Å²) in [5.74, 6) is 1.37. The average molecular weight is 313 g/mol. The van der Waals surface area contributed by atoms with E-state index in [4.69, 9.17) is 0 Å². The van der Waals surface area contributed by atoms with E-state index in [2.05, 4.69) is 45.3 Å². The van der Waals surface area contributed by atoms with Crippen LogP contribution in [0.5, 0.6) is 0 Å². The van der Waals surface area contributed by atoms with Gasteiger partial charge in [-0.3, -0.25) is 5.10 Å². The third-order valence-corrected chi connectivity index (χ3v) is 4.47. The highest BCUT2D eigenvalue weighted by molar-refractivity contribution is 5.68. The summed E-state index contributed by atoms with van der Waals surface area (Å²) >= 11 is 0. The highest BCUT2D eigenvalue weighted by Gasteiger charge is 2.12. The van der Waals surface area contributed by atoms with Crippen LogP contribution >= 0.6 is 0 Å². The topological polar surface area (TPSA) is 56.8 Å². The first kappa shape index (κ1) is 16.0. The van der Waals surface area contributed by atoms with Gasteiger partial charge in [-0.1, -0.05) is 13.8 Å². The van der Waals surface area contributed by atoms with Gasteiger partial charge in [0.25, 0.3) is 0 Å². The first-order valence-corrected chi connectivity index (χ1v) is 8.70. The van der Waals surface area contributed by atoms with Gasteiger partial charge in [-0.15, -0.1) is 0 Å². The molecule has 3 rings (SSSR count). The van der Waals surface area contributed by atoms with Crippen LogP contribution < -0.4 is 5.32 Å². The molecule has 0 atom stereocenters. The molecule has 0 spiro atoms. The van der Waals surface area contributed by atoms with Crippen LogP contribution in [0.2, 0.25) is 0 Å². The summed E-state index contributed by atoms with van der Waals surface area (Å²) < 4.78 is 0. The number of rotatable bonds is 7. The van der Waals surface area contributed by atoms with Crippen molar-refractivity contribution < 1.29 is 0 Å². The maximum Gasteiger partial charge on any atom is 0.126 e. The van der Waals surface area contributed by atoms with E-state index in [1.165, 1.54) is 49.3 Å². The third kappa shape index (κ3) is 4.10. The van der Waals surface area contributed by atoms with Crippen LogP contribution in [0.3, 0.4) is 0 Å². The highest BCUT2D eigenvalue weighted by Crippen LogP contribution is 2.28. The fraction of sp³-hybridized carbons (Fsp3) is 0.556. The molecule has 5 nitrogen and oxygen atoms in total. The maximum atomic E-state index is 4.44. The summed E-state index contributed by atoms with van der Waals surface area (Å²) in [7, 11) is 0. The molecule has 0 saturated carbocycles. The van der Waals surface area contributed by atoms with Crippen molar-refractivity contribution in [2.24, 2.45) is 0 Å². The largest absolute Gasteiger partial charge is 0.370 e. The van der Waals surface area contributed by atoms with Crippen molar-refractivity contribution in [2.75, 3.05) is 31.5 Å². The van der Waals surface area contributed by atoms with E-state index in [9.17, 15) is 0 Å². The van der Waals surface area contributed by atoms with Crippen molar-refractivity contribution in [3.63, 3.8) is 0 Å². The van der Waals surface area contributed by atoms with Gasteiger partial charge in [-0.25, -0.2) is 4.98 Å². The van der Waals surface area contributed by atoms with E-state index in [0.29, 0.717) is 5.92 Å². The SMILES string of the molecule is CC(C)c1[nH]ncc1-c1ccnc(NCCCN2CCCC2)c1. The van der Waals surface area contributed by atoms with E-state index in [-0.39, 0.29) is 0 Å². The predicted molar refractivity (Wildman–Crippen MR) is 94.7 cm³/mol. The van der Waals surface area contributed by atoms with Crippen molar-refractivity contribution in [1.82, 2.24) is 20.1 Å². The lowest BCUT2D eigenvalue weighted by molar-refractivity contribution is 0.337. The van der Waals surface area contributed by atoms with Gasteiger partial charge in [-0.2, -0.15) is 5.10 Å². The first-order chi connectivity index (χ1) is 11.2. The Morgan fingerprint density at radius 2 is 2.13 bits per heavy atom. The summed E-state index contributed by atoms with van der Waals surface area (Å²) in [6.45, 7) is 9.05. The van der Waals surface area contributed by atoms with Gasteiger partial charge in [0.1, 0.15) is 5.82 Å². The summed E-state index contributed by atoms with van der Waals surface area (Å²) in [4.78, 5) is 6.99. The number of pyridine rings is 1. The van der Waals surface area contributed by atoms with Crippen molar-refractivity contribution in [3.8, 4) is 11.1 Å². The maximum absolute atomic E-state index is 4.44. The fourth-order valence-corrected chi connectivity index (χ4v) is 3.19. The number of hydrogen-bond donors (Lipinski definition) is 2. The van der Waals surface area contributed by atoms with Gasteiger partial charge in [0, 0.05) is 24.0 Å². The predicted octanol–water partition coefficient (Wildman–Crippen LogP) is 3.49. The molecule has 0 radical (unpaired) electrons. The molecule has 1 aliphatic heterocycles. The monoisotopic (exact) mass is 313 g/mol. The summed E-state index contributed by atoms with van der Waals surface area (Å²) in [6, 6.07) is 4.17. The second-order valence-electron chi connectivity index (χ2n) is 6.61. The Bertz CT molecular complexity index is 613. The van der Waals surface area contributed by atoms with Gasteiger partial charge in [-0.05, 0) is 62.5 Å². The Morgan fingerprint density at radius 1 is 1.30 bits per heavy atom. The van der Waals surface area contributed by atoms with Crippen molar-refractivity contribution >= 4 is 5.82 Å². The Hall–Kier alpha value is -1.88. The highest BCUT2D eigenvalue weighted by atomic mass is 15.1. The molecule has 2 aromatic heterocycles. The van der Waals surface area contributed by atoms with Crippen molar-refractivity contribution in [2.45, 2.75) is 39.0 Å². The molecule has 0 aliphatic carbocycles. The number of nitrogens with zero attached hydrogens (tertiary/aromatic N) is 3. The number of aromatic amines is 1. The van der Waals surface area contributed by atoms with E-state index >= 15 is 0 Å². The zero-order chi connectivity index (χ0) is 16.1. The number of hydrogen-bond acceptors (Lipinski definition) is 4. The lowest BCUT2D eigenvalue weighted by Gasteiger charge is -2.14. The van der Waals surface area contributed by atoms with Crippen LogP contribution in [-0.4, -0.2) is 46.3 Å². The molecule has 2 N–H and O–H groups in total. The molecule has 0 unspecified atom stereocenters. The van der Waals surface area contributed by atoms with Gasteiger partial charge in [0.15, 0.2) is 0 Å². The van der Waals surface area contributed by atoms with E-state index in [0.717, 1.165) is 18.8 Å². The minimum atomic E-state index is 0.428. The Kier molecular flexibility index (Phi) is 5.28. The minimum absolute atomic E-state index is 0.428. The molecule has 1 saturated heterocycles. The smallest absolute Gasteiger partial charge is 0.126 e. The van der Waals surface area contributed by atoms with Crippen molar-refractivity contribution in [3.05, 3.63) is 30.2 Å². The Balaban J connectivity index is 1.57. The van der Waals surface area contributed by atoms with Crippen molar-refractivity contribution in [1.29, 1.82) is 0 Å². The van der Waals surface area contributed by atoms with Gasteiger partial charge in [0.2, 0.25) is 0 Å². The van der Waals surface area contributed by atoms with Gasteiger partial charge >= 0.3 is 0 Å². The fourth-order valence-electron chi connectivity index (χ4n) is 3.19. The zero-order valence-corrected chi connectivity index (χ0v) is 14.2. The lowest BCUT2D eigenvalue weighted by atomic mass is 10.0. The molecule has 0 amide bonds. The molecular weight excluding hydrogens is 286 g/mol. The van der Waals surface area contributed by atoms with E-state index in [1.807, 2.05) is 18.5 Å². The van der Waals surface area contributed by atoms with Crippen LogP contribution in [0.15, 0.2) is 24.5 Å². The summed E-state index contributed by atoms with van der Waals surface area (Å²) in [6.07, 6.45) is 7.66. The number of H-pyrrole nitrogens is 1. The summed E-state index contributed by atoms with van der Waals surface area (Å²) in [5, 5.41) is 10.8. The number of likely N-dealkylation sites (tertiary alicyclic amines) is 1. The Labute approximate surface area is 138 Å². The molecule has 3 heterocycles. The van der Waals surface area contributed by atoms with E-state index < -0.39 is 0 Å². The van der Waals surface area contributed by atoms with Crippen LogP contribution in [0.4, 0.5) is 5.82 Å². The molecule has 0 bridgehead atoms. The third-order valence-electron chi connectivity index (χ3n) is 4.47. The average Bonchev–Trinajstić information content (AvgIpc) is 3.23. The van der Waals surface area contributed by atoms with Gasteiger partial charge < -0.3 is 10.2 Å². The molecule has 5 heteroatoms. The minimum Gasteiger partial charge on any atom is -0.370 e. The normalized spacial score (nSPS) is 15.4. The standard InChI is InChI=1S/C18H27N5/c1-14(2)18-16(13-21-22-18)15-6-8-20-17(12-15)19-7-5-11-23-9-3-4-10-23/h6,8,12-14H,3-5,7,9-11H2,1-2H3,(H,19,20)(H,21,22). The Morgan fingerprint density at radius 3 is 2.91 bits per heavy atom. The molecule has 1 aliphatic rings. The quantitative estimate of drug-likeness (QED) is 0.768. The molecule has 23 heavy (non-hydrogen) atoms. The lowest BCUT2D eigenvalue weighted by Crippen LogP contribution is -2.22. The summed E-state index contributed by atoms with van der Waals surface area (Å²) in [5.41, 5.74) is 3.51. The second kappa shape index (κ2) is 7.59. The number of anilines is 1. The molecule has 0 aromatic carbocycles. The molecule has 1 fully saturated rings. The van der Waals surface area contributed by atoms with Crippen LogP contribution in [0, 0.1) is 0 Å². The van der Waals surface area contributed by atoms with E-state index in [1.54, 1.807) is 0 Å². The van der Waals surface area contributed by atoms with Crippen LogP contribution in [-0.2, 0) is 0 Å². The first-order valence-electron chi connectivity index (χ1n) is 8.70. The van der Waals surface area contributed by atoms with Crippen LogP contribution in [0.25, 0.3) is 11.1 Å². The second-order valence-corrected chi connectivity index (χ2v) is 6.61. The molecule has 124 valence electrons. The number of nitrogens with one attached hydrogen (secondary N) is 2. The van der Waals surface area contributed by atoms with Gasteiger partial charge in [0.05, 0.1) is 6.20 Å². The van der Waals surface area contributed by atoms with Crippen LogP contribution in [0.1, 0.15) is 44.7 Å².